The maximum atomic E-state index is 5.25. The second-order valence-corrected chi connectivity index (χ2v) is 3.38. The van der Waals surface area contributed by atoms with Gasteiger partial charge in [-0.25, -0.2) is 0 Å². The lowest BCUT2D eigenvalue weighted by molar-refractivity contribution is 0.356. The van der Waals surface area contributed by atoms with E-state index in [0.717, 1.165) is 27.8 Å². The maximum absolute atomic E-state index is 5.25. The minimum Gasteiger partial charge on any atom is -0.493 e. The van der Waals surface area contributed by atoms with Crippen molar-refractivity contribution >= 4 is 10.8 Å². The number of rotatable bonds is 2. The van der Waals surface area contributed by atoms with E-state index in [0.29, 0.717) is 0 Å². The fraction of sp³-hybridized carbons (Fsp3) is 0.250. The van der Waals surface area contributed by atoms with Crippen LogP contribution < -0.4 is 9.47 Å². The smallest absolute Gasteiger partial charge is 0.161 e. The van der Waals surface area contributed by atoms with Gasteiger partial charge in [0, 0.05) is 17.8 Å². The van der Waals surface area contributed by atoms with E-state index < -0.39 is 0 Å². The molecule has 2 aromatic rings. The summed E-state index contributed by atoms with van der Waals surface area (Å²) in [4.78, 5) is 4.15. The second kappa shape index (κ2) is 3.77. The molecule has 0 aliphatic carbocycles. The molecule has 1 aromatic carbocycles. The third kappa shape index (κ3) is 1.61. The second-order valence-electron chi connectivity index (χ2n) is 3.38. The van der Waals surface area contributed by atoms with Crippen LogP contribution >= 0.6 is 0 Å². The van der Waals surface area contributed by atoms with E-state index in [4.69, 9.17) is 9.47 Å². The number of nitrogens with zero attached hydrogens (tertiary/aromatic N) is 1. The van der Waals surface area contributed by atoms with Crippen molar-refractivity contribution < 1.29 is 9.47 Å². The number of hydrogen-bond acceptors (Lipinski definition) is 3. The Morgan fingerprint density at radius 2 is 1.67 bits per heavy atom. The summed E-state index contributed by atoms with van der Waals surface area (Å²) in [5.74, 6) is 1.48. The molecule has 0 aliphatic heterocycles. The predicted molar refractivity (Wildman–Crippen MR) is 59.6 cm³/mol. The summed E-state index contributed by atoms with van der Waals surface area (Å²) in [5.41, 5.74) is 1.13. The first-order chi connectivity index (χ1) is 7.26. The highest BCUT2D eigenvalue weighted by molar-refractivity contribution is 5.87. The zero-order valence-corrected chi connectivity index (χ0v) is 9.07. The van der Waals surface area contributed by atoms with Crippen molar-refractivity contribution in [2.24, 2.45) is 0 Å². The first-order valence-electron chi connectivity index (χ1n) is 4.72. The molecule has 1 heterocycles. The summed E-state index contributed by atoms with van der Waals surface area (Å²) < 4.78 is 10.5. The number of methoxy groups -OCH3 is 2. The highest BCUT2D eigenvalue weighted by Crippen LogP contribution is 2.32. The Balaban J connectivity index is 2.75. The quantitative estimate of drug-likeness (QED) is 0.751. The molecule has 0 amide bonds. The largest absolute Gasteiger partial charge is 0.493 e. The van der Waals surface area contributed by atoms with Crippen LogP contribution in [-0.4, -0.2) is 19.2 Å². The van der Waals surface area contributed by atoms with E-state index in [1.54, 1.807) is 14.2 Å². The summed E-state index contributed by atoms with van der Waals surface area (Å²) >= 11 is 0. The number of ether oxygens (including phenoxy) is 2. The Morgan fingerprint density at radius 1 is 1.00 bits per heavy atom. The lowest BCUT2D eigenvalue weighted by Crippen LogP contribution is -1.91. The monoisotopic (exact) mass is 203 g/mol. The fourth-order valence-electron chi connectivity index (χ4n) is 1.64. The van der Waals surface area contributed by atoms with Gasteiger partial charge in [-0.2, -0.15) is 0 Å². The average molecular weight is 203 g/mol. The van der Waals surface area contributed by atoms with Crippen LogP contribution in [0.2, 0.25) is 0 Å². The van der Waals surface area contributed by atoms with Crippen LogP contribution in [0.4, 0.5) is 0 Å². The van der Waals surface area contributed by atoms with Crippen molar-refractivity contribution in [2.45, 2.75) is 6.92 Å². The van der Waals surface area contributed by atoms with Gasteiger partial charge in [-0.3, -0.25) is 4.98 Å². The maximum Gasteiger partial charge on any atom is 0.161 e. The Kier molecular flexibility index (Phi) is 2.46. The van der Waals surface area contributed by atoms with Gasteiger partial charge >= 0.3 is 0 Å². The lowest BCUT2D eigenvalue weighted by atomic mass is 10.1. The number of aryl methyl sites for hydroxylation is 1. The molecule has 78 valence electrons. The van der Waals surface area contributed by atoms with Gasteiger partial charge in [0.25, 0.3) is 0 Å². The summed E-state index contributed by atoms with van der Waals surface area (Å²) in [7, 11) is 3.27. The molecule has 0 fully saturated rings. The van der Waals surface area contributed by atoms with Crippen LogP contribution in [0.1, 0.15) is 5.56 Å². The van der Waals surface area contributed by atoms with Gasteiger partial charge in [0.2, 0.25) is 0 Å². The molecular weight excluding hydrogens is 190 g/mol. The van der Waals surface area contributed by atoms with Crippen LogP contribution in [0, 0.1) is 6.92 Å². The number of fused-ring (bicyclic) bond motifs is 1. The Morgan fingerprint density at radius 3 is 2.33 bits per heavy atom. The topological polar surface area (TPSA) is 31.4 Å². The highest BCUT2D eigenvalue weighted by Gasteiger charge is 2.06. The summed E-state index contributed by atoms with van der Waals surface area (Å²) in [6.07, 6.45) is 3.67. The number of aromatic nitrogens is 1. The van der Waals surface area contributed by atoms with Gasteiger partial charge in [0.15, 0.2) is 11.5 Å². The third-order valence-corrected chi connectivity index (χ3v) is 2.46. The van der Waals surface area contributed by atoms with Gasteiger partial charge in [-0.15, -0.1) is 0 Å². The zero-order chi connectivity index (χ0) is 10.8. The molecule has 0 N–H and O–H groups in total. The molecule has 15 heavy (non-hydrogen) atoms. The minimum absolute atomic E-state index is 0.734. The Labute approximate surface area is 88.7 Å². The van der Waals surface area contributed by atoms with Crippen LogP contribution in [0.5, 0.6) is 11.5 Å². The molecular formula is C12H13NO2. The van der Waals surface area contributed by atoms with Gasteiger partial charge in [0.1, 0.15) is 0 Å². The van der Waals surface area contributed by atoms with Crippen LogP contribution in [0.25, 0.3) is 10.8 Å². The lowest BCUT2D eigenvalue weighted by Gasteiger charge is -2.09. The molecule has 3 nitrogen and oxygen atoms in total. The van der Waals surface area contributed by atoms with Crippen molar-refractivity contribution in [2.75, 3.05) is 14.2 Å². The summed E-state index contributed by atoms with van der Waals surface area (Å²) in [6.45, 7) is 2.03. The molecule has 1 aromatic heterocycles. The van der Waals surface area contributed by atoms with E-state index >= 15 is 0 Å². The Bertz CT molecular complexity index is 494. The van der Waals surface area contributed by atoms with Crippen LogP contribution in [0.3, 0.4) is 0 Å². The summed E-state index contributed by atoms with van der Waals surface area (Å²) in [6, 6.07) is 3.92. The van der Waals surface area contributed by atoms with Crippen molar-refractivity contribution in [3.63, 3.8) is 0 Å². The van der Waals surface area contributed by atoms with Gasteiger partial charge in [0.05, 0.1) is 14.2 Å². The molecule has 0 radical (unpaired) electrons. The standard InChI is InChI=1S/C12H13NO2/c1-8-6-13-7-9-4-11(14-2)12(15-3)5-10(8)9/h4-7H,1-3H3. The molecule has 0 saturated heterocycles. The van der Waals surface area contributed by atoms with E-state index in [-0.39, 0.29) is 0 Å². The van der Waals surface area contributed by atoms with E-state index in [2.05, 4.69) is 4.98 Å². The normalized spacial score (nSPS) is 10.3. The van der Waals surface area contributed by atoms with Crippen LogP contribution in [0.15, 0.2) is 24.5 Å². The average Bonchev–Trinajstić information content (AvgIpc) is 2.28. The SMILES string of the molecule is COc1cc2cncc(C)c2cc1OC. The first kappa shape index (κ1) is 9.77. The molecule has 2 rings (SSSR count). The molecule has 0 atom stereocenters. The first-order valence-corrected chi connectivity index (χ1v) is 4.72. The predicted octanol–water partition coefficient (Wildman–Crippen LogP) is 2.56. The van der Waals surface area contributed by atoms with Crippen molar-refractivity contribution in [1.82, 2.24) is 4.98 Å². The molecule has 3 heteroatoms. The van der Waals surface area contributed by atoms with Gasteiger partial charge in [-0.1, -0.05) is 0 Å². The molecule has 0 saturated carbocycles. The van der Waals surface area contributed by atoms with E-state index in [1.807, 2.05) is 31.5 Å². The van der Waals surface area contributed by atoms with Crippen LogP contribution in [-0.2, 0) is 0 Å². The zero-order valence-electron chi connectivity index (χ0n) is 9.07. The van der Waals surface area contributed by atoms with Gasteiger partial charge in [-0.05, 0) is 30.0 Å². The molecule has 0 aliphatic rings. The summed E-state index contributed by atoms with van der Waals surface area (Å²) in [5, 5.41) is 2.20. The number of pyridine rings is 1. The van der Waals surface area contributed by atoms with Gasteiger partial charge < -0.3 is 9.47 Å². The molecule has 0 unspecified atom stereocenters. The number of benzene rings is 1. The van der Waals surface area contributed by atoms with E-state index in [1.165, 1.54) is 0 Å². The van der Waals surface area contributed by atoms with Crippen molar-refractivity contribution in [1.29, 1.82) is 0 Å². The van der Waals surface area contributed by atoms with Crippen molar-refractivity contribution in [3.05, 3.63) is 30.1 Å². The molecule has 0 bridgehead atoms. The molecule has 0 spiro atoms. The Hall–Kier alpha value is -1.77. The fourth-order valence-corrected chi connectivity index (χ4v) is 1.64. The number of hydrogen-bond donors (Lipinski definition) is 0. The third-order valence-electron chi connectivity index (χ3n) is 2.46. The highest BCUT2D eigenvalue weighted by atomic mass is 16.5. The minimum atomic E-state index is 0.734. The van der Waals surface area contributed by atoms with Crippen molar-refractivity contribution in [3.8, 4) is 11.5 Å². The van der Waals surface area contributed by atoms with E-state index in [9.17, 15) is 0 Å².